The molecule has 1 aliphatic rings. The van der Waals surface area contributed by atoms with Crippen LogP contribution in [0.15, 0.2) is 42.5 Å². The molecular formula is C20H20O3. The number of ketones is 1. The molecule has 3 heteroatoms. The van der Waals surface area contributed by atoms with Crippen LogP contribution in [0.25, 0.3) is 0 Å². The molecule has 2 aromatic rings. The molecule has 0 aliphatic heterocycles. The summed E-state index contributed by atoms with van der Waals surface area (Å²) >= 11 is 0. The van der Waals surface area contributed by atoms with E-state index >= 15 is 0 Å². The van der Waals surface area contributed by atoms with E-state index in [9.17, 15) is 9.59 Å². The quantitative estimate of drug-likeness (QED) is 0.635. The summed E-state index contributed by atoms with van der Waals surface area (Å²) in [5.74, 6) is -0.602. The van der Waals surface area contributed by atoms with Crippen LogP contribution in [-0.4, -0.2) is 18.4 Å². The van der Waals surface area contributed by atoms with Gasteiger partial charge in [-0.05, 0) is 61.4 Å². The molecule has 0 fully saturated rings. The van der Waals surface area contributed by atoms with Gasteiger partial charge >= 0.3 is 5.97 Å². The smallest absolute Gasteiger partial charge is 0.338 e. The van der Waals surface area contributed by atoms with Crippen LogP contribution in [-0.2, 0) is 17.6 Å². The SMILES string of the molecule is Cc1ccccc1C(=O)OCC(=O)c1ccc2c(c1)CCCC2. The lowest BCUT2D eigenvalue weighted by molar-refractivity contribution is 0.0474. The van der Waals surface area contributed by atoms with Crippen LogP contribution in [0.2, 0.25) is 0 Å². The highest BCUT2D eigenvalue weighted by atomic mass is 16.5. The molecular weight excluding hydrogens is 288 g/mol. The first-order valence-corrected chi connectivity index (χ1v) is 8.03. The van der Waals surface area contributed by atoms with Crippen molar-refractivity contribution in [3.63, 3.8) is 0 Å². The second-order valence-corrected chi connectivity index (χ2v) is 6.00. The molecule has 0 bridgehead atoms. The minimum Gasteiger partial charge on any atom is -0.454 e. The maximum Gasteiger partial charge on any atom is 0.338 e. The fourth-order valence-corrected chi connectivity index (χ4v) is 3.00. The molecule has 0 atom stereocenters. The zero-order valence-corrected chi connectivity index (χ0v) is 13.3. The molecule has 0 amide bonds. The van der Waals surface area contributed by atoms with Crippen LogP contribution in [0.5, 0.6) is 0 Å². The van der Waals surface area contributed by atoms with Gasteiger partial charge in [-0.25, -0.2) is 4.79 Å². The van der Waals surface area contributed by atoms with Crippen molar-refractivity contribution in [3.8, 4) is 0 Å². The number of carbonyl (C=O) groups excluding carboxylic acids is 2. The van der Waals surface area contributed by atoms with Gasteiger partial charge in [0, 0.05) is 5.56 Å². The van der Waals surface area contributed by atoms with E-state index < -0.39 is 5.97 Å². The van der Waals surface area contributed by atoms with Crippen LogP contribution in [0.1, 0.15) is 50.2 Å². The largest absolute Gasteiger partial charge is 0.454 e. The normalized spacial score (nSPS) is 13.3. The van der Waals surface area contributed by atoms with Gasteiger partial charge in [-0.15, -0.1) is 0 Å². The molecule has 0 saturated heterocycles. The Kier molecular flexibility index (Phi) is 4.56. The first-order valence-electron chi connectivity index (χ1n) is 8.03. The van der Waals surface area contributed by atoms with E-state index in [1.54, 1.807) is 12.1 Å². The lowest BCUT2D eigenvalue weighted by atomic mass is 9.90. The third-order valence-corrected chi connectivity index (χ3v) is 4.37. The van der Waals surface area contributed by atoms with Crippen molar-refractivity contribution in [1.29, 1.82) is 0 Å². The third kappa shape index (κ3) is 3.50. The van der Waals surface area contributed by atoms with Gasteiger partial charge in [-0.2, -0.15) is 0 Å². The lowest BCUT2D eigenvalue weighted by Crippen LogP contribution is -2.15. The van der Waals surface area contributed by atoms with Crippen LogP contribution in [0.3, 0.4) is 0 Å². The standard InChI is InChI=1S/C20H20O3/c1-14-6-2-5-9-18(14)20(22)23-13-19(21)17-11-10-15-7-3-4-8-16(15)12-17/h2,5-6,9-12H,3-4,7-8,13H2,1H3. The van der Waals surface area contributed by atoms with Crippen molar-refractivity contribution >= 4 is 11.8 Å². The number of aryl methyl sites for hydroxylation is 3. The van der Waals surface area contributed by atoms with Crippen molar-refractivity contribution < 1.29 is 14.3 Å². The molecule has 1 aliphatic carbocycles. The monoisotopic (exact) mass is 308 g/mol. The first-order chi connectivity index (χ1) is 11.1. The molecule has 0 unspecified atom stereocenters. The van der Waals surface area contributed by atoms with E-state index in [1.165, 1.54) is 24.0 Å². The highest BCUT2D eigenvalue weighted by molar-refractivity contribution is 5.99. The van der Waals surface area contributed by atoms with Gasteiger partial charge in [0.05, 0.1) is 5.56 Å². The Balaban J connectivity index is 1.66. The summed E-state index contributed by atoms with van der Waals surface area (Å²) in [6, 6.07) is 13.0. The number of fused-ring (bicyclic) bond motifs is 1. The number of Topliss-reactive ketones (excluding diaryl/α,β-unsaturated/α-hetero) is 1. The Morgan fingerprint density at radius 2 is 1.74 bits per heavy atom. The van der Waals surface area contributed by atoms with Gasteiger partial charge in [-0.1, -0.05) is 30.3 Å². The summed E-state index contributed by atoms with van der Waals surface area (Å²) in [7, 11) is 0. The number of hydrogen-bond acceptors (Lipinski definition) is 3. The Morgan fingerprint density at radius 3 is 2.52 bits per heavy atom. The van der Waals surface area contributed by atoms with Crippen LogP contribution in [0.4, 0.5) is 0 Å². The molecule has 0 radical (unpaired) electrons. The molecule has 0 aromatic heterocycles. The topological polar surface area (TPSA) is 43.4 Å². The zero-order valence-electron chi connectivity index (χ0n) is 13.3. The van der Waals surface area contributed by atoms with Crippen LogP contribution in [0, 0.1) is 6.92 Å². The third-order valence-electron chi connectivity index (χ3n) is 4.37. The molecule has 118 valence electrons. The zero-order chi connectivity index (χ0) is 16.2. The first kappa shape index (κ1) is 15.5. The van der Waals surface area contributed by atoms with Gasteiger partial charge in [0.15, 0.2) is 12.4 Å². The van der Waals surface area contributed by atoms with Crippen molar-refractivity contribution in [2.24, 2.45) is 0 Å². The second kappa shape index (κ2) is 6.78. The molecule has 0 heterocycles. The molecule has 0 spiro atoms. The molecule has 2 aromatic carbocycles. The summed E-state index contributed by atoms with van der Waals surface area (Å²) in [4.78, 5) is 24.3. The number of rotatable bonds is 4. The van der Waals surface area contributed by atoms with Crippen molar-refractivity contribution in [1.82, 2.24) is 0 Å². The van der Waals surface area contributed by atoms with E-state index in [0.29, 0.717) is 11.1 Å². The number of carbonyl (C=O) groups is 2. The summed E-state index contributed by atoms with van der Waals surface area (Å²) < 4.78 is 5.18. The van der Waals surface area contributed by atoms with E-state index in [-0.39, 0.29) is 12.4 Å². The Bertz CT molecular complexity index is 746. The number of hydrogen-bond donors (Lipinski definition) is 0. The van der Waals surface area contributed by atoms with E-state index in [2.05, 4.69) is 0 Å². The molecule has 23 heavy (non-hydrogen) atoms. The Labute approximate surface area is 136 Å². The average Bonchev–Trinajstić information content (AvgIpc) is 2.59. The van der Waals surface area contributed by atoms with Gasteiger partial charge in [-0.3, -0.25) is 4.79 Å². The minimum atomic E-state index is -0.450. The lowest BCUT2D eigenvalue weighted by Gasteiger charge is -2.16. The van der Waals surface area contributed by atoms with E-state index in [4.69, 9.17) is 4.74 Å². The molecule has 0 N–H and O–H groups in total. The molecule has 0 saturated carbocycles. The average molecular weight is 308 g/mol. The van der Waals surface area contributed by atoms with Gasteiger partial charge in [0.1, 0.15) is 0 Å². The van der Waals surface area contributed by atoms with Crippen LogP contribution < -0.4 is 0 Å². The number of ether oxygens (including phenoxy) is 1. The summed E-state index contributed by atoms with van der Waals surface area (Å²) in [5, 5.41) is 0. The number of esters is 1. The van der Waals surface area contributed by atoms with Crippen LogP contribution >= 0.6 is 0 Å². The highest BCUT2D eigenvalue weighted by Crippen LogP contribution is 2.22. The molecule has 3 nitrogen and oxygen atoms in total. The maximum absolute atomic E-state index is 12.3. The predicted molar refractivity (Wildman–Crippen MR) is 88.9 cm³/mol. The fraction of sp³-hybridized carbons (Fsp3) is 0.300. The van der Waals surface area contributed by atoms with Crippen molar-refractivity contribution in [3.05, 3.63) is 70.3 Å². The highest BCUT2D eigenvalue weighted by Gasteiger charge is 2.15. The maximum atomic E-state index is 12.3. The fourth-order valence-electron chi connectivity index (χ4n) is 3.00. The van der Waals surface area contributed by atoms with E-state index in [0.717, 1.165) is 18.4 Å². The minimum absolute atomic E-state index is 0.152. The molecule has 3 rings (SSSR count). The Hall–Kier alpha value is -2.42. The van der Waals surface area contributed by atoms with Gasteiger partial charge in [0.25, 0.3) is 0 Å². The summed E-state index contributed by atoms with van der Waals surface area (Å²) in [6.07, 6.45) is 4.51. The van der Waals surface area contributed by atoms with Gasteiger partial charge < -0.3 is 4.74 Å². The second-order valence-electron chi connectivity index (χ2n) is 6.00. The summed E-state index contributed by atoms with van der Waals surface area (Å²) in [5.41, 5.74) is 4.57. The Morgan fingerprint density at radius 1 is 1.00 bits per heavy atom. The van der Waals surface area contributed by atoms with Gasteiger partial charge in [0.2, 0.25) is 0 Å². The number of benzene rings is 2. The van der Waals surface area contributed by atoms with Crippen molar-refractivity contribution in [2.45, 2.75) is 32.6 Å². The summed E-state index contributed by atoms with van der Waals surface area (Å²) in [6.45, 7) is 1.63. The van der Waals surface area contributed by atoms with Crippen molar-refractivity contribution in [2.75, 3.05) is 6.61 Å². The van der Waals surface area contributed by atoms with E-state index in [1.807, 2.05) is 37.3 Å². The predicted octanol–water partition coefficient (Wildman–Crippen LogP) is 3.91.